The Kier molecular flexibility index (Phi) is 4.52. The summed E-state index contributed by atoms with van der Waals surface area (Å²) in [5.41, 5.74) is 2.31. The number of nitrogens with zero attached hydrogens (tertiary/aromatic N) is 1. The smallest absolute Gasteiger partial charge is 0.320 e. The minimum absolute atomic E-state index is 0.172. The number of aryl methyl sites for hydroxylation is 1. The van der Waals surface area contributed by atoms with E-state index >= 15 is 0 Å². The van der Waals surface area contributed by atoms with Gasteiger partial charge >= 0.3 is 5.91 Å². The molecule has 1 aromatic heterocycles. The molecular weight excluding hydrogens is 297 g/mol. The van der Waals surface area contributed by atoms with Crippen LogP contribution in [0.25, 0.3) is 0 Å². The zero-order valence-electron chi connectivity index (χ0n) is 12.9. The number of H-pyrrole nitrogens is 1. The summed E-state index contributed by atoms with van der Waals surface area (Å²) >= 11 is 0. The van der Waals surface area contributed by atoms with Gasteiger partial charge in [-0.05, 0) is 24.6 Å². The molecule has 0 spiro atoms. The van der Waals surface area contributed by atoms with E-state index < -0.39 is 5.82 Å². The van der Waals surface area contributed by atoms with Crippen LogP contribution < -0.4 is 15.2 Å². The van der Waals surface area contributed by atoms with Gasteiger partial charge in [-0.3, -0.25) is 4.79 Å². The molecule has 0 bridgehead atoms. The number of pyridine rings is 1. The van der Waals surface area contributed by atoms with E-state index in [0.29, 0.717) is 18.9 Å². The Hall–Kier alpha value is -2.47. The number of hydrogen-bond donors (Lipinski definition) is 1. The first-order chi connectivity index (χ1) is 11.1. The highest BCUT2D eigenvalue weighted by molar-refractivity contribution is 6.02. The molecule has 1 saturated heterocycles. The van der Waals surface area contributed by atoms with Crippen LogP contribution in [0.5, 0.6) is 0 Å². The zero-order valence-corrected chi connectivity index (χ0v) is 12.9. The molecule has 0 aliphatic carbocycles. The lowest BCUT2D eigenvalue weighted by molar-refractivity contribution is -0.381. The Morgan fingerprint density at radius 1 is 1.26 bits per heavy atom. The molecule has 1 aliphatic rings. The molecule has 0 radical (unpaired) electrons. The van der Waals surface area contributed by atoms with Crippen molar-refractivity contribution in [3.63, 3.8) is 0 Å². The number of aromatic amines is 1. The first-order valence-corrected chi connectivity index (χ1v) is 7.55. The summed E-state index contributed by atoms with van der Waals surface area (Å²) in [4.78, 5) is 17.4. The third-order valence-corrected chi connectivity index (χ3v) is 3.78. The van der Waals surface area contributed by atoms with Crippen LogP contribution in [0.4, 0.5) is 15.8 Å². The maximum atomic E-state index is 13.8. The lowest BCUT2D eigenvalue weighted by Gasteiger charge is -2.28. The highest BCUT2D eigenvalue weighted by Gasteiger charge is 2.19. The normalized spacial score (nSPS) is 14.6. The van der Waals surface area contributed by atoms with Gasteiger partial charge in [0, 0.05) is 30.9 Å². The number of halogens is 1. The second kappa shape index (κ2) is 6.75. The van der Waals surface area contributed by atoms with Crippen molar-refractivity contribution in [1.29, 1.82) is 0 Å². The standard InChI is InChI=1S/C17H18FN3O2/c1-12-2-3-15(14(18)10-12)20-17(22)16-11-13(4-5-19-16)21-6-8-23-9-7-21/h2-5,10-11H,6-9H2,1H3,(H,20,22)/p+1. The molecule has 2 aromatic rings. The second-order valence-corrected chi connectivity index (χ2v) is 5.50. The van der Waals surface area contributed by atoms with Gasteiger partial charge in [-0.15, -0.1) is 0 Å². The number of carbonyl (C=O) groups excluding carboxylic acids is 1. The van der Waals surface area contributed by atoms with Gasteiger partial charge in [-0.1, -0.05) is 6.07 Å². The summed E-state index contributed by atoms with van der Waals surface area (Å²) in [5, 5.41) is 2.60. The number of aromatic nitrogens is 1. The summed E-state index contributed by atoms with van der Waals surface area (Å²) < 4.78 is 19.2. The molecule has 5 nitrogen and oxygen atoms in total. The van der Waals surface area contributed by atoms with Crippen LogP contribution >= 0.6 is 0 Å². The third kappa shape index (κ3) is 3.65. The van der Waals surface area contributed by atoms with E-state index in [9.17, 15) is 9.18 Å². The van der Waals surface area contributed by atoms with Gasteiger partial charge in [-0.2, -0.15) is 0 Å². The SMILES string of the molecule is Cc1ccc(NC(=O)c2cc(N3CCOCC3)cc[nH+]2)c(F)c1. The van der Waals surface area contributed by atoms with Crippen LogP contribution in [-0.4, -0.2) is 32.2 Å². The van der Waals surface area contributed by atoms with E-state index in [1.54, 1.807) is 31.3 Å². The van der Waals surface area contributed by atoms with E-state index in [1.165, 1.54) is 6.07 Å². The van der Waals surface area contributed by atoms with Gasteiger partial charge in [0.25, 0.3) is 5.69 Å². The van der Waals surface area contributed by atoms with E-state index in [1.807, 2.05) is 6.07 Å². The van der Waals surface area contributed by atoms with Gasteiger partial charge < -0.3 is 15.0 Å². The van der Waals surface area contributed by atoms with Crippen LogP contribution in [0, 0.1) is 12.7 Å². The fraction of sp³-hybridized carbons (Fsp3) is 0.294. The maximum absolute atomic E-state index is 13.8. The average Bonchev–Trinajstić information content (AvgIpc) is 2.58. The molecule has 6 heteroatoms. The van der Waals surface area contributed by atoms with E-state index in [4.69, 9.17) is 4.74 Å². The minimum atomic E-state index is -0.442. The molecule has 0 saturated carbocycles. The highest BCUT2D eigenvalue weighted by atomic mass is 19.1. The number of amides is 1. The predicted octanol–water partition coefficient (Wildman–Crippen LogP) is 2.04. The molecule has 3 rings (SSSR count). The number of anilines is 2. The van der Waals surface area contributed by atoms with E-state index in [0.717, 1.165) is 24.3 Å². The Bertz CT molecular complexity index is 715. The molecule has 1 aliphatic heterocycles. The monoisotopic (exact) mass is 316 g/mol. The molecule has 23 heavy (non-hydrogen) atoms. The topological polar surface area (TPSA) is 55.7 Å². The molecule has 0 unspecified atom stereocenters. The number of hydrogen-bond acceptors (Lipinski definition) is 3. The average molecular weight is 316 g/mol. The first kappa shape index (κ1) is 15.4. The van der Waals surface area contributed by atoms with Crippen molar-refractivity contribution in [2.24, 2.45) is 0 Å². The van der Waals surface area contributed by atoms with Crippen molar-refractivity contribution in [1.82, 2.24) is 0 Å². The Morgan fingerprint density at radius 2 is 2.04 bits per heavy atom. The van der Waals surface area contributed by atoms with E-state index in [2.05, 4.69) is 15.2 Å². The molecule has 0 atom stereocenters. The lowest BCUT2D eigenvalue weighted by atomic mass is 10.2. The summed E-state index contributed by atoms with van der Waals surface area (Å²) in [5.74, 6) is -0.814. The van der Waals surface area contributed by atoms with Crippen molar-refractivity contribution in [3.05, 3.63) is 53.6 Å². The largest absolute Gasteiger partial charge is 0.378 e. The first-order valence-electron chi connectivity index (χ1n) is 7.55. The Morgan fingerprint density at radius 3 is 2.78 bits per heavy atom. The molecule has 1 fully saturated rings. The Balaban J connectivity index is 1.76. The number of carbonyl (C=O) groups is 1. The Labute approximate surface area is 134 Å². The summed E-state index contributed by atoms with van der Waals surface area (Å²) in [6.07, 6.45) is 1.71. The fourth-order valence-corrected chi connectivity index (χ4v) is 2.51. The number of rotatable bonds is 3. The highest BCUT2D eigenvalue weighted by Crippen LogP contribution is 2.18. The summed E-state index contributed by atoms with van der Waals surface area (Å²) in [6.45, 7) is 4.73. The van der Waals surface area contributed by atoms with Gasteiger partial charge in [0.1, 0.15) is 5.82 Å². The molecule has 2 N–H and O–H groups in total. The number of ether oxygens (including phenoxy) is 1. The molecule has 120 valence electrons. The predicted molar refractivity (Wildman–Crippen MR) is 85.1 cm³/mol. The zero-order chi connectivity index (χ0) is 16.2. The quantitative estimate of drug-likeness (QED) is 0.943. The minimum Gasteiger partial charge on any atom is -0.378 e. The van der Waals surface area contributed by atoms with Crippen molar-refractivity contribution in [3.8, 4) is 0 Å². The van der Waals surface area contributed by atoms with E-state index in [-0.39, 0.29) is 11.6 Å². The third-order valence-electron chi connectivity index (χ3n) is 3.78. The molecular formula is C17H19FN3O2+. The number of nitrogens with one attached hydrogen (secondary N) is 2. The van der Waals surface area contributed by atoms with Gasteiger partial charge in [-0.25, -0.2) is 9.37 Å². The van der Waals surface area contributed by atoms with Crippen LogP contribution in [0.1, 0.15) is 16.1 Å². The van der Waals surface area contributed by atoms with Crippen molar-refractivity contribution in [2.45, 2.75) is 6.92 Å². The van der Waals surface area contributed by atoms with Gasteiger partial charge in [0.15, 0.2) is 6.20 Å². The number of benzene rings is 1. The summed E-state index contributed by atoms with van der Waals surface area (Å²) in [7, 11) is 0. The van der Waals surface area contributed by atoms with Gasteiger partial charge in [0.2, 0.25) is 0 Å². The van der Waals surface area contributed by atoms with Crippen LogP contribution in [0.15, 0.2) is 36.5 Å². The van der Waals surface area contributed by atoms with Crippen molar-refractivity contribution >= 4 is 17.3 Å². The van der Waals surface area contributed by atoms with Crippen molar-refractivity contribution < 1.29 is 18.9 Å². The molecule has 1 amide bonds. The van der Waals surface area contributed by atoms with Crippen LogP contribution in [-0.2, 0) is 4.74 Å². The number of morpholine rings is 1. The van der Waals surface area contributed by atoms with Crippen LogP contribution in [0.2, 0.25) is 0 Å². The molecule has 1 aromatic carbocycles. The maximum Gasteiger partial charge on any atom is 0.320 e. The molecule has 2 heterocycles. The van der Waals surface area contributed by atoms with Crippen LogP contribution in [0.3, 0.4) is 0 Å². The van der Waals surface area contributed by atoms with Crippen molar-refractivity contribution in [2.75, 3.05) is 36.5 Å². The lowest BCUT2D eigenvalue weighted by Crippen LogP contribution is -2.36. The second-order valence-electron chi connectivity index (χ2n) is 5.50. The van der Waals surface area contributed by atoms with Gasteiger partial charge in [0.05, 0.1) is 18.9 Å². The summed E-state index contributed by atoms with van der Waals surface area (Å²) in [6, 6.07) is 8.39. The fourth-order valence-electron chi connectivity index (χ4n) is 2.51.